The summed E-state index contributed by atoms with van der Waals surface area (Å²) < 4.78 is 20.1. The van der Waals surface area contributed by atoms with Gasteiger partial charge in [-0.15, -0.1) is 0 Å². The molecular formula is C19H17FN2O. The first kappa shape index (κ1) is 15.1. The fourth-order valence-electron chi connectivity index (χ4n) is 2.15. The van der Waals surface area contributed by atoms with Crippen molar-refractivity contribution in [3.8, 4) is 11.5 Å². The van der Waals surface area contributed by atoms with Gasteiger partial charge in [0.05, 0.1) is 0 Å². The standard InChI is InChI=1S/C19H17FN2O/c20-19-15(14-21-22-16-9-3-1-4-10-16)8-7-13-18(19)23-17-11-5-2-6-12-17/h1-13,21-22H,14H2. The average Bonchev–Trinajstić information content (AvgIpc) is 2.60. The zero-order valence-corrected chi connectivity index (χ0v) is 12.5. The predicted octanol–water partition coefficient (Wildman–Crippen LogP) is 4.73. The van der Waals surface area contributed by atoms with Crippen LogP contribution in [0.1, 0.15) is 5.56 Å². The third kappa shape index (κ3) is 4.08. The summed E-state index contributed by atoms with van der Waals surface area (Å²) in [5.74, 6) is 0.466. The van der Waals surface area contributed by atoms with Crippen LogP contribution in [-0.2, 0) is 6.54 Å². The number of hydrogen-bond donors (Lipinski definition) is 2. The molecule has 3 aromatic rings. The van der Waals surface area contributed by atoms with Gasteiger partial charge in [0.2, 0.25) is 0 Å². The fraction of sp³-hybridized carbons (Fsp3) is 0.0526. The molecule has 3 aromatic carbocycles. The summed E-state index contributed by atoms with van der Waals surface area (Å²) in [6.45, 7) is 0.340. The second kappa shape index (κ2) is 7.42. The van der Waals surface area contributed by atoms with Gasteiger partial charge in [-0.2, -0.15) is 0 Å². The summed E-state index contributed by atoms with van der Waals surface area (Å²) in [6.07, 6.45) is 0. The van der Waals surface area contributed by atoms with Crippen molar-refractivity contribution in [3.63, 3.8) is 0 Å². The summed E-state index contributed by atoms with van der Waals surface area (Å²) in [4.78, 5) is 0. The van der Waals surface area contributed by atoms with E-state index in [1.807, 2.05) is 48.5 Å². The molecule has 0 saturated carbocycles. The van der Waals surface area contributed by atoms with E-state index in [-0.39, 0.29) is 11.6 Å². The Hall–Kier alpha value is -2.85. The van der Waals surface area contributed by atoms with Crippen molar-refractivity contribution in [1.29, 1.82) is 0 Å². The van der Waals surface area contributed by atoms with Crippen LogP contribution in [0.25, 0.3) is 0 Å². The van der Waals surface area contributed by atoms with E-state index in [0.717, 1.165) is 5.69 Å². The first-order valence-corrected chi connectivity index (χ1v) is 7.37. The van der Waals surface area contributed by atoms with Crippen LogP contribution in [0.3, 0.4) is 0 Å². The Labute approximate surface area is 134 Å². The highest BCUT2D eigenvalue weighted by Crippen LogP contribution is 2.26. The highest BCUT2D eigenvalue weighted by Gasteiger charge is 2.09. The van der Waals surface area contributed by atoms with Gasteiger partial charge in [-0.25, -0.2) is 9.82 Å². The molecule has 0 unspecified atom stereocenters. The van der Waals surface area contributed by atoms with E-state index in [9.17, 15) is 4.39 Å². The van der Waals surface area contributed by atoms with E-state index in [2.05, 4.69) is 10.9 Å². The third-order valence-electron chi connectivity index (χ3n) is 3.30. The lowest BCUT2D eigenvalue weighted by Crippen LogP contribution is -2.21. The van der Waals surface area contributed by atoms with Gasteiger partial charge in [0.15, 0.2) is 11.6 Å². The number of ether oxygens (including phenoxy) is 1. The van der Waals surface area contributed by atoms with Gasteiger partial charge in [-0.05, 0) is 30.3 Å². The van der Waals surface area contributed by atoms with Gasteiger partial charge in [0, 0.05) is 17.8 Å². The third-order valence-corrected chi connectivity index (χ3v) is 3.30. The maximum atomic E-state index is 14.5. The molecule has 2 N–H and O–H groups in total. The van der Waals surface area contributed by atoms with E-state index in [1.165, 1.54) is 0 Å². The molecule has 4 heteroatoms. The number of para-hydroxylation sites is 2. The molecule has 0 aliphatic carbocycles. The Bertz CT molecular complexity index is 748. The van der Waals surface area contributed by atoms with Crippen molar-refractivity contribution in [2.75, 3.05) is 5.43 Å². The second-order valence-electron chi connectivity index (χ2n) is 4.99. The number of hydrogen-bond acceptors (Lipinski definition) is 3. The molecule has 0 bridgehead atoms. The zero-order chi connectivity index (χ0) is 15.9. The number of rotatable bonds is 6. The largest absolute Gasteiger partial charge is 0.454 e. The van der Waals surface area contributed by atoms with Crippen LogP contribution >= 0.6 is 0 Å². The van der Waals surface area contributed by atoms with Gasteiger partial charge in [0.1, 0.15) is 5.75 Å². The smallest absolute Gasteiger partial charge is 0.170 e. The van der Waals surface area contributed by atoms with E-state index < -0.39 is 0 Å². The van der Waals surface area contributed by atoms with Crippen LogP contribution < -0.4 is 15.6 Å². The second-order valence-corrected chi connectivity index (χ2v) is 4.99. The van der Waals surface area contributed by atoms with E-state index in [4.69, 9.17) is 4.74 Å². The predicted molar refractivity (Wildman–Crippen MR) is 89.8 cm³/mol. The minimum atomic E-state index is -0.362. The molecule has 0 aliphatic rings. The molecule has 23 heavy (non-hydrogen) atoms. The Morgan fingerprint density at radius 1 is 0.783 bits per heavy atom. The van der Waals surface area contributed by atoms with Crippen molar-refractivity contribution < 1.29 is 9.13 Å². The molecule has 3 rings (SSSR count). The maximum absolute atomic E-state index is 14.5. The molecule has 0 radical (unpaired) electrons. The van der Waals surface area contributed by atoms with Gasteiger partial charge < -0.3 is 10.2 Å². The summed E-state index contributed by atoms with van der Waals surface area (Å²) in [7, 11) is 0. The fourth-order valence-corrected chi connectivity index (χ4v) is 2.15. The topological polar surface area (TPSA) is 33.3 Å². The molecule has 0 aliphatic heterocycles. The quantitative estimate of drug-likeness (QED) is 0.646. The highest BCUT2D eigenvalue weighted by atomic mass is 19.1. The van der Waals surface area contributed by atoms with Crippen molar-refractivity contribution in [2.45, 2.75) is 6.54 Å². The molecule has 0 amide bonds. The van der Waals surface area contributed by atoms with Crippen LogP contribution in [0.15, 0.2) is 78.9 Å². The molecule has 0 spiro atoms. The van der Waals surface area contributed by atoms with Gasteiger partial charge >= 0.3 is 0 Å². The van der Waals surface area contributed by atoms with E-state index >= 15 is 0 Å². The lowest BCUT2D eigenvalue weighted by Gasteiger charge is -2.12. The number of hydrazine groups is 1. The number of benzene rings is 3. The van der Waals surface area contributed by atoms with Crippen molar-refractivity contribution >= 4 is 5.69 Å². The summed E-state index contributed by atoms with van der Waals surface area (Å²) in [5.41, 5.74) is 7.49. The Morgan fingerprint density at radius 3 is 2.22 bits per heavy atom. The van der Waals surface area contributed by atoms with Crippen LogP contribution in [0.5, 0.6) is 11.5 Å². The van der Waals surface area contributed by atoms with E-state index in [0.29, 0.717) is 17.9 Å². The first-order valence-electron chi connectivity index (χ1n) is 7.37. The van der Waals surface area contributed by atoms with Gasteiger partial charge in [0.25, 0.3) is 0 Å². The lowest BCUT2D eigenvalue weighted by molar-refractivity contribution is 0.437. The number of anilines is 1. The molecule has 3 nitrogen and oxygen atoms in total. The van der Waals surface area contributed by atoms with Gasteiger partial charge in [-0.1, -0.05) is 48.5 Å². The number of halogens is 1. The Kier molecular flexibility index (Phi) is 4.86. The normalized spacial score (nSPS) is 10.3. The Balaban J connectivity index is 1.65. The first-order chi connectivity index (χ1) is 11.3. The Morgan fingerprint density at radius 2 is 1.48 bits per heavy atom. The van der Waals surface area contributed by atoms with Crippen molar-refractivity contribution in [2.24, 2.45) is 0 Å². The molecule has 0 atom stereocenters. The molecule has 0 heterocycles. The van der Waals surface area contributed by atoms with Crippen LogP contribution in [-0.4, -0.2) is 0 Å². The van der Waals surface area contributed by atoms with Crippen LogP contribution in [0.4, 0.5) is 10.1 Å². The lowest BCUT2D eigenvalue weighted by atomic mass is 10.2. The maximum Gasteiger partial charge on any atom is 0.170 e. The number of nitrogens with one attached hydrogen (secondary N) is 2. The average molecular weight is 308 g/mol. The molecule has 116 valence electrons. The summed E-state index contributed by atoms with van der Waals surface area (Å²) in [6, 6.07) is 24.0. The molecule has 0 saturated heterocycles. The van der Waals surface area contributed by atoms with E-state index in [1.54, 1.807) is 30.3 Å². The molecular weight excluding hydrogens is 291 g/mol. The molecule has 0 aromatic heterocycles. The van der Waals surface area contributed by atoms with Gasteiger partial charge in [-0.3, -0.25) is 0 Å². The monoisotopic (exact) mass is 308 g/mol. The molecule has 0 fully saturated rings. The summed E-state index contributed by atoms with van der Waals surface area (Å²) >= 11 is 0. The zero-order valence-electron chi connectivity index (χ0n) is 12.5. The summed E-state index contributed by atoms with van der Waals surface area (Å²) in [5, 5.41) is 0. The van der Waals surface area contributed by atoms with Crippen molar-refractivity contribution in [3.05, 3.63) is 90.2 Å². The SMILES string of the molecule is Fc1c(CNNc2ccccc2)cccc1Oc1ccccc1. The van der Waals surface area contributed by atoms with Crippen LogP contribution in [0.2, 0.25) is 0 Å². The highest BCUT2D eigenvalue weighted by molar-refractivity contribution is 5.41. The minimum Gasteiger partial charge on any atom is -0.454 e. The van der Waals surface area contributed by atoms with Crippen LogP contribution in [0, 0.1) is 5.82 Å². The minimum absolute atomic E-state index is 0.218. The van der Waals surface area contributed by atoms with Crippen molar-refractivity contribution in [1.82, 2.24) is 5.43 Å².